The number of rotatable bonds is 6. The number of hydrogen-bond donors (Lipinski definition) is 2. The van der Waals surface area contributed by atoms with E-state index in [1.165, 1.54) is 25.7 Å². The standard InChI is InChI=1S/C16H31N3O/c1-13(2)5-10-18-16(20)12-19-11-3-4-15(19)14-6-8-17-9-7-14/h13-15,17H,3-12H2,1-2H3,(H,18,20). The Kier molecular flexibility index (Phi) is 6.30. The lowest BCUT2D eigenvalue weighted by Gasteiger charge is -2.34. The molecule has 2 N–H and O–H groups in total. The lowest BCUT2D eigenvalue weighted by molar-refractivity contribution is -0.122. The molecule has 0 spiro atoms. The van der Waals surface area contributed by atoms with Crippen molar-refractivity contribution in [3.8, 4) is 0 Å². The van der Waals surface area contributed by atoms with Gasteiger partial charge in [0, 0.05) is 12.6 Å². The van der Waals surface area contributed by atoms with Gasteiger partial charge in [0.2, 0.25) is 5.91 Å². The fourth-order valence-electron chi connectivity index (χ4n) is 3.55. The van der Waals surface area contributed by atoms with Crippen LogP contribution >= 0.6 is 0 Å². The number of hydrogen-bond acceptors (Lipinski definition) is 3. The second-order valence-corrected chi connectivity index (χ2v) is 6.80. The average Bonchev–Trinajstić information content (AvgIpc) is 2.87. The van der Waals surface area contributed by atoms with Gasteiger partial charge in [0.25, 0.3) is 0 Å². The van der Waals surface area contributed by atoms with Gasteiger partial charge in [-0.1, -0.05) is 13.8 Å². The Labute approximate surface area is 123 Å². The summed E-state index contributed by atoms with van der Waals surface area (Å²) in [5.74, 6) is 1.67. The summed E-state index contributed by atoms with van der Waals surface area (Å²) in [7, 11) is 0. The van der Waals surface area contributed by atoms with Crippen molar-refractivity contribution in [1.29, 1.82) is 0 Å². The molecule has 2 saturated heterocycles. The first-order valence-corrected chi connectivity index (χ1v) is 8.38. The topological polar surface area (TPSA) is 44.4 Å². The van der Waals surface area contributed by atoms with Gasteiger partial charge in [-0.2, -0.15) is 0 Å². The highest BCUT2D eigenvalue weighted by atomic mass is 16.2. The minimum atomic E-state index is 0.214. The Morgan fingerprint density at radius 3 is 2.75 bits per heavy atom. The molecule has 0 aromatic heterocycles. The van der Waals surface area contributed by atoms with Crippen LogP contribution in [0.4, 0.5) is 0 Å². The third-order valence-electron chi connectivity index (χ3n) is 4.73. The van der Waals surface area contributed by atoms with Gasteiger partial charge >= 0.3 is 0 Å². The molecule has 0 aromatic rings. The Bertz CT molecular complexity index is 300. The Balaban J connectivity index is 1.74. The predicted octanol–water partition coefficient (Wildman–Crippen LogP) is 1.61. The minimum Gasteiger partial charge on any atom is -0.355 e. The van der Waals surface area contributed by atoms with Crippen molar-refractivity contribution < 1.29 is 4.79 Å². The van der Waals surface area contributed by atoms with Crippen LogP contribution in [-0.2, 0) is 4.79 Å². The van der Waals surface area contributed by atoms with Crippen LogP contribution in [0.15, 0.2) is 0 Å². The fourth-order valence-corrected chi connectivity index (χ4v) is 3.55. The van der Waals surface area contributed by atoms with Gasteiger partial charge < -0.3 is 10.6 Å². The summed E-state index contributed by atoms with van der Waals surface area (Å²) >= 11 is 0. The SMILES string of the molecule is CC(C)CCNC(=O)CN1CCCC1C1CCNCC1. The zero-order valence-electron chi connectivity index (χ0n) is 13.2. The number of nitrogens with zero attached hydrogens (tertiary/aromatic N) is 1. The lowest BCUT2D eigenvalue weighted by Crippen LogP contribution is -2.45. The molecule has 0 bridgehead atoms. The molecule has 0 aromatic carbocycles. The summed E-state index contributed by atoms with van der Waals surface area (Å²) in [5, 5.41) is 6.51. The van der Waals surface area contributed by atoms with E-state index in [1.54, 1.807) is 0 Å². The van der Waals surface area contributed by atoms with Crippen molar-refractivity contribution in [1.82, 2.24) is 15.5 Å². The molecule has 116 valence electrons. The van der Waals surface area contributed by atoms with E-state index < -0.39 is 0 Å². The first-order chi connectivity index (χ1) is 9.66. The molecule has 1 amide bonds. The van der Waals surface area contributed by atoms with Gasteiger partial charge in [0.05, 0.1) is 6.54 Å². The number of carbonyl (C=O) groups excluding carboxylic acids is 1. The second-order valence-electron chi connectivity index (χ2n) is 6.80. The smallest absolute Gasteiger partial charge is 0.234 e. The second kappa shape index (κ2) is 7.99. The summed E-state index contributed by atoms with van der Waals surface area (Å²) in [5.41, 5.74) is 0. The number of carbonyl (C=O) groups is 1. The van der Waals surface area contributed by atoms with Gasteiger partial charge in [-0.05, 0) is 63.6 Å². The zero-order valence-corrected chi connectivity index (χ0v) is 13.2. The van der Waals surface area contributed by atoms with Gasteiger partial charge in [-0.15, -0.1) is 0 Å². The van der Waals surface area contributed by atoms with E-state index in [9.17, 15) is 4.79 Å². The maximum atomic E-state index is 12.0. The number of amides is 1. The molecule has 1 atom stereocenters. The normalized spacial score (nSPS) is 25.2. The summed E-state index contributed by atoms with van der Waals surface area (Å²) in [6.45, 7) is 9.21. The number of nitrogens with one attached hydrogen (secondary N) is 2. The number of piperidine rings is 1. The van der Waals surface area contributed by atoms with Crippen LogP contribution in [0.1, 0.15) is 46.0 Å². The molecule has 2 aliphatic heterocycles. The minimum absolute atomic E-state index is 0.214. The van der Waals surface area contributed by atoms with Gasteiger partial charge in [-0.3, -0.25) is 9.69 Å². The van der Waals surface area contributed by atoms with Crippen LogP contribution in [-0.4, -0.2) is 49.6 Å². The molecule has 4 heteroatoms. The van der Waals surface area contributed by atoms with Crippen LogP contribution in [0.25, 0.3) is 0 Å². The molecule has 4 nitrogen and oxygen atoms in total. The van der Waals surface area contributed by atoms with E-state index in [1.807, 2.05) is 0 Å². The van der Waals surface area contributed by atoms with E-state index in [0.29, 0.717) is 18.5 Å². The predicted molar refractivity (Wildman–Crippen MR) is 82.7 cm³/mol. The largest absolute Gasteiger partial charge is 0.355 e. The average molecular weight is 281 g/mol. The monoisotopic (exact) mass is 281 g/mol. The molecule has 2 heterocycles. The lowest BCUT2D eigenvalue weighted by atomic mass is 9.89. The van der Waals surface area contributed by atoms with Crippen LogP contribution in [0.2, 0.25) is 0 Å². The highest BCUT2D eigenvalue weighted by Gasteiger charge is 2.33. The Morgan fingerprint density at radius 2 is 2.05 bits per heavy atom. The maximum Gasteiger partial charge on any atom is 0.234 e. The Hall–Kier alpha value is -0.610. The van der Waals surface area contributed by atoms with E-state index in [0.717, 1.165) is 38.5 Å². The molecule has 0 aliphatic carbocycles. The molecular formula is C16H31N3O. The van der Waals surface area contributed by atoms with E-state index >= 15 is 0 Å². The molecular weight excluding hydrogens is 250 g/mol. The van der Waals surface area contributed by atoms with E-state index in [2.05, 4.69) is 29.4 Å². The summed E-state index contributed by atoms with van der Waals surface area (Å²) < 4.78 is 0. The van der Waals surface area contributed by atoms with Crippen molar-refractivity contribution in [2.75, 3.05) is 32.7 Å². The summed E-state index contributed by atoms with van der Waals surface area (Å²) in [4.78, 5) is 14.5. The highest BCUT2D eigenvalue weighted by Crippen LogP contribution is 2.29. The molecule has 2 rings (SSSR count). The first kappa shape index (κ1) is 15.8. The molecule has 2 fully saturated rings. The zero-order chi connectivity index (χ0) is 14.4. The van der Waals surface area contributed by atoms with Crippen LogP contribution in [0, 0.1) is 11.8 Å². The van der Waals surface area contributed by atoms with Crippen LogP contribution in [0.5, 0.6) is 0 Å². The van der Waals surface area contributed by atoms with Crippen molar-refractivity contribution in [2.24, 2.45) is 11.8 Å². The van der Waals surface area contributed by atoms with Crippen molar-refractivity contribution >= 4 is 5.91 Å². The molecule has 20 heavy (non-hydrogen) atoms. The number of likely N-dealkylation sites (tertiary alicyclic amines) is 1. The summed E-state index contributed by atoms with van der Waals surface area (Å²) in [6.07, 6.45) is 6.16. The van der Waals surface area contributed by atoms with Gasteiger partial charge in [0.1, 0.15) is 0 Å². The quantitative estimate of drug-likeness (QED) is 0.777. The van der Waals surface area contributed by atoms with E-state index in [-0.39, 0.29) is 5.91 Å². The highest BCUT2D eigenvalue weighted by molar-refractivity contribution is 5.78. The van der Waals surface area contributed by atoms with Gasteiger partial charge in [0.15, 0.2) is 0 Å². The third-order valence-corrected chi connectivity index (χ3v) is 4.73. The maximum absolute atomic E-state index is 12.0. The van der Waals surface area contributed by atoms with Crippen LogP contribution in [0.3, 0.4) is 0 Å². The molecule has 2 aliphatic rings. The molecule has 1 unspecified atom stereocenters. The first-order valence-electron chi connectivity index (χ1n) is 8.38. The fraction of sp³-hybridized carbons (Fsp3) is 0.938. The van der Waals surface area contributed by atoms with E-state index in [4.69, 9.17) is 0 Å². The van der Waals surface area contributed by atoms with Gasteiger partial charge in [-0.25, -0.2) is 0 Å². The van der Waals surface area contributed by atoms with Crippen molar-refractivity contribution in [2.45, 2.75) is 52.0 Å². The Morgan fingerprint density at radius 1 is 1.30 bits per heavy atom. The van der Waals surface area contributed by atoms with Crippen molar-refractivity contribution in [3.63, 3.8) is 0 Å². The molecule has 0 radical (unpaired) electrons. The van der Waals surface area contributed by atoms with Crippen LogP contribution < -0.4 is 10.6 Å². The molecule has 0 saturated carbocycles. The van der Waals surface area contributed by atoms with Crippen molar-refractivity contribution in [3.05, 3.63) is 0 Å². The summed E-state index contributed by atoms with van der Waals surface area (Å²) in [6, 6.07) is 0.646. The third kappa shape index (κ3) is 4.74.